The molecule has 9 nitrogen and oxygen atoms in total. The molecule has 0 spiro atoms. The predicted molar refractivity (Wildman–Crippen MR) is 133 cm³/mol. The van der Waals surface area contributed by atoms with Gasteiger partial charge in [0.2, 0.25) is 0 Å². The molecular formula is C27H42O9S. The molecule has 0 saturated heterocycles. The van der Waals surface area contributed by atoms with Gasteiger partial charge in [0.15, 0.2) is 0 Å². The summed E-state index contributed by atoms with van der Waals surface area (Å²) in [5.41, 5.74) is -0.855. The molecule has 4 aliphatic carbocycles. The van der Waals surface area contributed by atoms with Gasteiger partial charge in [0, 0.05) is 31.1 Å². The van der Waals surface area contributed by atoms with Crippen LogP contribution in [0.5, 0.6) is 0 Å². The van der Waals surface area contributed by atoms with Gasteiger partial charge in [-0.05, 0) is 80.0 Å². The first kappa shape index (κ1) is 28.5. The number of esters is 2. The molecule has 0 aromatic rings. The van der Waals surface area contributed by atoms with E-state index in [1.165, 1.54) is 14.0 Å². The first-order valence-corrected chi connectivity index (χ1v) is 15.0. The molecule has 210 valence electrons. The lowest BCUT2D eigenvalue weighted by atomic mass is 9.43. The lowest BCUT2D eigenvalue weighted by molar-refractivity contribution is -0.181. The molecule has 0 amide bonds. The second-order valence-electron chi connectivity index (χ2n) is 12.5. The Morgan fingerprint density at radius 3 is 2.46 bits per heavy atom. The molecule has 0 heterocycles. The molecule has 0 bridgehead atoms. The van der Waals surface area contributed by atoms with Crippen LogP contribution in [0.25, 0.3) is 0 Å². The van der Waals surface area contributed by atoms with Gasteiger partial charge in [-0.3, -0.25) is 18.9 Å². The van der Waals surface area contributed by atoms with Gasteiger partial charge in [-0.1, -0.05) is 20.8 Å². The van der Waals surface area contributed by atoms with Gasteiger partial charge in [0.1, 0.15) is 11.9 Å². The van der Waals surface area contributed by atoms with E-state index in [0.29, 0.717) is 32.1 Å². The summed E-state index contributed by atoms with van der Waals surface area (Å²) in [7, 11) is -3.36. The number of rotatable bonds is 7. The van der Waals surface area contributed by atoms with Gasteiger partial charge in [0.05, 0.1) is 13.2 Å². The van der Waals surface area contributed by atoms with E-state index in [2.05, 4.69) is 13.8 Å². The van der Waals surface area contributed by atoms with Gasteiger partial charge in [-0.15, -0.1) is 0 Å². The van der Waals surface area contributed by atoms with Crippen molar-refractivity contribution >= 4 is 28.1 Å². The Morgan fingerprint density at radius 1 is 1.14 bits per heavy atom. The fraction of sp³-hybridized carbons (Fsp3) is 0.889. The lowest BCUT2D eigenvalue weighted by Crippen LogP contribution is -2.62. The van der Waals surface area contributed by atoms with Gasteiger partial charge in [-0.2, -0.15) is 8.42 Å². The predicted octanol–water partition coefficient (Wildman–Crippen LogP) is 4.14. The fourth-order valence-corrected chi connectivity index (χ4v) is 9.66. The van der Waals surface area contributed by atoms with Crippen molar-refractivity contribution < 1.29 is 41.0 Å². The Bertz CT molecular complexity index is 1020. The number of carbonyl (C=O) groups excluding carboxylic acids is 3. The van der Waals surface area contributed by atoms with Crippen molar-refractivity contribution in [2.24, 2.45) is 46.3 Å². The third-order valence-corrected chi connectivity index (χ3v) is 11.3. The molecule has 0 aliphatic heterocycles. The Morgan fingerprint density at radius 2 is 1.84 bits per heavy atom. The molecule has 4 rings (SSSR count). The van der Waals surface area contributed by atoms with E-state index in [0.717, 1.165) is 19.3 Å². The molecular weight excluding hydrogens is 500 g/mol. The van der Waals surface area contributed by atoms with Crippen LogP contribution < -0.4 is 0 Å². The molecule has 0 aromatic carbocycles. The van der Waals surface area contributed by atoms with Crippen LogP contribution in [0.1, 0.15) is 85.5 Å². The summed E-state index contributed by atoms with van der Waals surface area (Å²) >= 11 is 0. The highest BCUT2D eigenvalue weighted by atomic mass is 32.3. The number of carbonyl (C=O) groups is 3. The average Bonchev–Trinajstić information content (AvgIpc) is 3.15. The molecule has 0 aromatic heterocycles. The van der Waals surface area contributed by atoms with E-state index in [-0.39, 0.29) is 71.2 Å². The number of hydrogen-bond donors (Lipinski definition) is 1. The smallest absolute Gasteiger partial charge is 0.397 e. The molecule has 0 unspecified atom stereocenters. The van der Waals surface area contributed by atoms with E-state index >= 15 is 0 Å². The van der Waals surface area contributed by atoms with E-state index in [4.69, 9.17) is 13.7 Å². The van der Waals surface area contributed by atoms with Crippen LogP contribution in [-0.2, 0) is 38.4 Å². The van der Waals surface area contributed by atoms with E-state index < -0.39 is 21.9 Å². The Kier molecular flexibility index (Phi) is 7.87. The zero-order chi connectivity index (χ0) is 27.3. The summed E-state index contributed by atoms with van der Waals surface area (Å²) in [6.45, 7) is 7.69. The number of ketones is 1. The van der Waals surface area contributed by atoms with Crippen LogP contribution in [0.15, 0.2) is 0 Å². The molecule has 4 fully saturated rings. The summed E-state index contributed by atoms with van der Waals surface area (Å²) in [5, 5.41) is 0. The maximum absolute atomic E-state index is 13.8. The van der Waals surface area contributed by atoms with Crippen molar-refractivity contribution in [2.75, 3.05) is 7.11 Å². The first-order valence-electron chi connectivity index (χ1n) is 13.6. The molecule has 10 heteroatoms. The number of ether oxygens (including phenoxy) is 2. The zero-order valence-corrected chi connectivity index (χ0v) is 23.4. The quantitative estimate of drug-likeness (QED) is 0.372. The van der Waals surface area contributed by atoms with Crippen LogP contribution >= 0.6 is 0 Å². The topological polar surface area (TPSA) is 133 Å². The summed E-state index contributed by atoms with van der Waals surface area (Å²) in [6.07, 6.45) is 4.41. The summed E-state index contributed by atoms with van der Waals surface area (Å²) in [5.74, 6) is -0.575. The first-order chi connectivity index (χ1) is 17.2. The third-order valence-electron chi connectivity index (χ3n) is 10.9. The molecule has 0 radical (unpaired) electrons. The fourth-order valence-electron chi connectivity index (χ4n) is 9.08. The van der Waals surface area contributed by atoms with Crippen LogP contribution in [-0.4, -0.2) is 50.0 Å². The second-order valence-corrected chi connectivity index (χ2v) is 13.6. The van der Waals surface area contributed by atoms with Gasteiger partial charge >= 0.3 is 22.3 Å². The van der Waals surface area contributed by atoms with Crippen LogP contribution in [0.2, 0.25) is 0 Å². The van der Waals surface area contributed by atoms with Crippen molar-refractivity contribution in [3.05, 3.63) is 0 Å². The molecule has 4 aliphatic rings. The van der Waals surface area contributed by atoms with Crippen molar-refractivity contribution in [3.8, 4) is 0 Å². The number of hydrogen-bond acceptors (Lipinski definition) is 8. The molecule has 1 N–H and O–H groups in total. The maximum atomic E-state index is 13.8. The minimum absolute atomic E-state index is 0.0351. The van der Waals surface area contributed by atoms with Gasteiger partial charge < -0.3 is 9.47 Å². The van der Waals surface area contributed by atoms with Gasteiger partial charge in [-0.25, -0.2) is 4.18 Å². The van der Waals surface area contributed by atoms with Gasteiger partial charge in [0.25, 0.3) is 0 Å². The molecule has 4 saturated carbocycles. The highest BCUT2D eigenvalue weighted by Gasteiger charge is 2.67. The highest BCUT2D eigenvalue weighted by Crippen LogP contribution is 2.68. The SMILES string of the molecule is COC(=O)CC[C@@H](C)[C@H]1CC[C@H]2[C@@H]3C(=O)C[C@@H]4C[C@H](OC(C)=O)CC[C@]4(C)[C@H]3C[C@H](OS(=O)(=O)O)[C@]12C. The van der Waals surface area contributed by atoms with E-state index in [1.54, 1.807) is 0 Å². The standard InChI is InChI=1S/C27H42O9S/c1-15(6-9-24(30)34-5)19-7-8-20-25-21(14-23(27(19,20)4)36-37(31,32)33)26(3)11-10-18(35-16(2)28)12-17(26)13-22(25)29/h15,17-21,23,25H,6-14H2,1-5H3,(H,31,32,33)/t15-,17+,18-,19-,20+,21+,23+,25+,26+,27-/m1/s1. The summed E-state index contributed by atoms with van der Waals surface area (Å²) in [4.78, 5) is 37.1. The highest BCUT2D eigenvalue weighted by molar-refractivity contribution is 7.80. The largest absolute Gasteiger partial charge is 0.469 e. The average molecular weight is 543 g/mol. The van der Waals surface area contributed by atoms with Crippen molar-refractivity contribution in [2.45, 2.75) is 97.7 Å². The van der Waals surface area contributed by atoms with Crippen molar-refractivity contribution in [3.63, 3.8) is 0 Å². The number of Topliss-reactive ketones (excluding diaryl/α,β-unsaturated/α-hetero) is 1. The minimum atomic E-state index is -4.72. The number of methoxy groups -OCH3 is 1. The Hall–Kier alpha value is -1.52. The summed E-state index contributed by atoms with van der Waals surface area (Å²) in [6, 6.07) is 0. The normalized spacial score (nSPS) is 42.2. The van der Waals surface area contributed by atoms with Crippen molar-refractivity contribution in [1.29, 1.82) is 0 Å². The maximum Gasteiger partial charge on any atom is 0.397 e. The van der Waals surface area contributed by atoms with Crippen LogP contribution in [0.3, 0.4) is 0 Å². The Labute approximate surface area is 220 Å². The van der Waals surface area contributed by atoms with E-state index in [9.17, 15) is 27.4 Å². The van der Waals surface area contributed by atoms with E-state index in [1.807, 2.05) is 6.92 Å². The third kappa shape index (κ3) is 5.22. The monoisotopic (exact) mass is 542 g/mol. The second kappa shape index (κ2) is 10.2. The van der Waals surface area contributed by atoms with Crippen LogP contribution in [0, 0.1) is 46.3 Å². The summed E-state index contributed by atoms with van der Waals surface area (Å²) < 4.78 is 49.6. The lowest BCUT2D eigenvalue weighted by Gasteiger charge is -2.62. The minimum Gasteiger partial charge on any atom is -0.469 e. The molecule has 37 heavy (non-hydrogen) atoms. The van der Waals surface area contributed by atoms with Crippen molar-refractivity contribution in [1.82, 2.24) is 0 Å². The zero-order valence-electron chi connectivity index (χ0n) is 22.6. The molecule has 10 atom stereocenters. The van der Waals surface area contributed by atoms with Crippen LogP contribution in [0.4, 0.5) is 0 Å². The number of fused-ring (bicyclic) bond motifs is 5. The Balaban J connectivity index is 1.66.